The number of thiophene rings is 1. The number of urea groups is 1. The van der Waals surface area contributed by atoms with E-state index in [1.807, 2.05) is 23.5 Å². The lowest BCUT2D eigenvalue weighted by Crippen LogP contribution is -2.39. The minimum Gasteiger partial charge on any atom is -0.311 e. The minimum absolute atomic E-state index is 0.0138. The summed E-state index contributed by atoms with van der Waals surface area (Å²) >= 11 is 1.94. The molecule has 31 heavy (non-hydrogen) atoms. The largest absolute Gasteiger partial charge is 0.322 e. The second-order valence-electron chi connectivity index (χ2n) is 9.42. The van der Waals surface area contributed by atoms with Gasteiger partial charge < -0.3 is 14.8 Å². The van der Waals surface area contributed by atoms with E-state index < -0.39 is 0 Å². The van der Waals surface area contributed by atoms with Crippen LogP contribution in [0.1, 0.15) is 65.6 Å². The minimum atomic E-state index is -0.0138. The van der Waals surface area contributed by atoms with E-state index >= 15 is 0 Å². The van der Waals surface area contributed by atoms with Crippen molar-refractivity contribution in [3.63, 3.8) is 0 Å². The van der Waals surface area contributed by atoms with E-state index in [4.69, 9.17) is 0 Å². The summed E-state index contributed by atoms with van der Waals surface area (Å²) in [6, 6.07) is 10.6. The van der Waals surface area contributed by atoms with Gasteiger partial charge in [0.05, 0.1) is 12.6 Å². The lowest BCUT2D eigenvalue weighted by Gasteiger charge is -2.33. The van der Waals surface area contributed by atoms with Crippen molar-refractivity contribution in [2.75, 3.05) is 5.32 Å². The molecule has 1 aromatic carbocycles. The van der Waals surface area contributed by atoms with Crippen LogP contribution in [0, 0.1) is 19.8 Å². The normalized spacial score (nSPS) is 17.7. The Morgan fingerprint density at radius 1 is 1.10 bits per heavy atom. The predicted molar refractivity (Wildman–Crippen MR) is 128 cm³/mol. The molecule has 3 aromatic rings. The van der Waals surface area contributed by atoms with Gasteiger partial charge >= 0.3 is 6.03 Å². The summed E-state index contributed by atoms with van der Waals surface area (Å²) in [6.45, 7) is 9.24. The molecule has 2 aromatic heterocycles. The summed E-state index contributed by atoms with van der Waals surface area (Å²) in [4.78, 5) is 17.3. The molecule has 5 rings (SSSR count). The van der Waals surface area contributed by atoms with Crippen molar-refractivity contribution in [3.8, 4) is 5.00 Å². The van der Waals surface area contributed by atoms with Crippen molar-refractivity contribution >= 4 is 23.1 Å². The molecule has 1 aliphatic carbocycles. The second-order valence-corrected chi connectivity index (χ2v) is 10.5. The number of rotatable bonds is 2. The fourth-order valence-corrected chi connectivity index (χ4v) is 6.77. The van der Waals surface area contributed by atoms with Gasteiger partial charge in [0.1, 0.15) is 5.00 Å². The molecular weight excluding hydrogens is 402 g/mol. The van der Waals surface area contributed by atoms with Crippen LogP contribution in [0.15, 0.2) is 36.5 Å². The topological polar surface area (TPSA) is 37.3 Å². The molecule has 0 saturated carbocycles. The first kappa shape index (κ1) is 20.4. The summed E-state index contributed by atoms with van der Waals surface area (Å²) < 4.78 is 2.35. The highest BCUT2D eigenvalue weighted by Gasteiger charge is 2.36. The van der Waals surface area contributed by atoms with Crippen LogP contribution in [0.5, 0.6) is 0 Å². The number of carbonyl (C=O) groups is 1. The number of nitrogens with one attached hydrogen (secondary N) is 1. The van der Waals surface area contributed by atoms with Gasteiger partial charge in [-0.15, -0.1) is 11.3 Å². The molecule has 0 radical (unpaired) electrons. The van der Waals surface area contributed by atoms with Gasteiger partial charge in [-0.1, -0.05) is 19.9 Å². The van der Waals surface area contributed by atoms with Gasteiger partial charge in [-0.05, 0) is 86.4 Å². The highest BCUT2D eigenvalue weighted by Crippen LogP contribution is 2.44. The average Bonchev–Trinajstić information content (AvgIpc) is 3.28. The molecule has 5 heteroatoms. The zero-order chi connectivity index (χ0) is 21.7. The van der Waals surface area contributed by atoms with Crippen molar-refractivity contribution in [2.45, 2.75) is 66.0 Å². The smallest absolute Gasteiger partial charge is 0.311 e. The number of aryl methyl sites for hydroxylation is 3. The third-order valence-corrected chi connectivity index (χ3v) is 7.92. The molecule has 1 N–H and O–H groups in total. The van der Waals surface area contributed by atoms with Crippen molar-refractivity contribution in [3.05, 3.63) is 69.4 Å². The van der Waals surface area contributed by atoms with Gasteiger partial charge in [0.15, 0.2) is 0 Å². The van der Waals surface area contributed by atoms with Crippen LogP contribution < -0.4 is 5.32 Å². The third kappa shape index (κ3) is 3.59. The van der Waals surface area contributed by atoms with Crippen molar-refractivity contribution in [1.29, 1.82) is 0 Å². The quantitative estimate of drug-likeness (QED) is 0.475. The van der Waals surface area contributed by atoms with Crippen molar-refractivity contribution < 1.29 is 4.79 Å². The maximum Gasteiger partial charge on any atom is 0.322 e. The number of hydrogen-bond donors (Lipinski definition) is 1. The Balaban J connectivity index is 1.59. The van der Waals surface area contributed by atoms with Gasteiger partial charge in [-0.3, -0.25) is 0 Å². The number of benzene rings is 1. The highest BCUT2D eigenvalue weighted by atomic mass is 32.1. The monoisotopic (exact) mass is 433 g/mol. The summed E-state index contributed by atoms with van der Waals surface area (Å²) in [5.74, 6) is 0.309. The van der Waals surface area contributed by atoms with E-state index in [9.17, 15) is 4.79 Å². The highest BCUT2D eigenvalue weighted by molar-refractivity contribution is 7.15. The Labute approximate surface area is 188 Å². The first-order valence-electron chi connectivity index (χ1n) is 11.4. The van der Waals surface area contributed by atoms with E-state index in [1.54, 1.807) is 0 Å². The molecule has 162 valence electrons. The summed E-state index contributed by atoms with van der Waals surface area (Å²) in [6.07, 6.45) is 7.01. The molecule has 0 saturated heterocycles. The fraction of sp³-hybridized carbons (Fsp3) is 0.423. The maximum absolute atomic E-state index is 13.7. The average molecular weight is 434 g/mol. The number of hydrogen-bond acceptors (Lipinski definition) is 2. The molecule has 1 aliphatic heterocycles. The van der Waals surface area contributed by atoms with Gasteiger partial charge in [0.2, 0.25) is 0 Å². The second kappa shape index (κ2) is 7.86. The standard InChI is InChI=1S/C26H31N3OS/c1-16(2)24-22-9-7-11-28(22)25-21(20-8-5-6-10-23(20)31-25)15-29(24)26(30)27-19-13-17(3)12-18(4)14-19/h7,9,11-14,16,24H,5-6,8,10,15H2,1-4H3,(H,27,30)/t24-/m1/s1. The van der Waals surface area contributed by atoms with Gasteiger partial charge in [-0.2, -0.15) is 0 Å². The van der Waals surface area contributed by atoms with E-state index in [-0.39, 0.29) is 12.1 Å². The molecule has 0 fully saturated rings. The maximum atomic E-state index is 13.7. The number of carbonyl (C=O) groups excluding carboxylic acids is 1. The van der Waals surface area contributed by atoms with E-state index in [1.165, 1.54) is 46.0 Å². The zero-order valence-electron chi connectivity index (χ0n) is 18.9. The fourth-order valence-electron chi connectivity index (χ4n) is 5.36. The summed E-state index contributed by atoms with van der Waals surface area (Å²) in [7, 11) is 0. The molecule has 0 spiro atoms. The van der Waals surface area contributed by atoms with Gasteiger partial charge in [-0.25, -0.2) is 4.79 Å². The molecule has 0 unspecified atom stereocenters. The van der Waals surface area contributed by atoms with Crippen LogP contribution in [0.25, 0.3) is 5.00 Å². The first-order valence-corrected chi connectivity index (χ1v) is 12.2. The number of amides is 2. The third-order valence-electron chi connectivity index (χ3n) is 6.59. The van der Waals surface area contributed by atoms with Crippen molar-refractivity contribution in [2.24, 2.45) is 5.92 Å². The molecule has 4 nitrogen and oxygen atoms in total. The van der Waals surface area contributed by atoms with Crippen molar-refractivity contribution in [1.82, 2.24) is 9.47 Å². The first-order chi connectivity index (χ1) is 14.9. The van der Waals surface area contributed by atoms with Crippen LogP contribution in [0.4, 0.5) is 10.5 Å². The zero-order valence-corrected chi connectivity index (χ0v) is 19.7. The SMILES string of the molecule is Cc1cc(C)cc(NC(=O)N2Cc3c(sc4c3CCCC4)-n3cccc3[C@H]2C(C)C)c1. The van der Waals surface area contributed by atoms with Crippen LogP contribution in [0.3, 0.4) is 0 Å². The Morgan fingerprint density at radius 2 is 1.84 bits per heavy atom. The Kier molecular flexibility index (Phi) is 5.17. The Hall–Kier alpha value is -2.53. The molecule has 2 amide bonds. The van der Waals surface area contributed by atoms with Crippen LogP contribution >= 0.6 is 11.3 Å². The van der Waals surface area contributed by atoms with E-state index in [0.29, 0.717) is 12.5 Å². The number of aromatic nitrogens is 1. The molecule has 0 bridgehead atoms. The van der Waals surface area contributed by atoms with Crippen LogP contribution in [-0.2, 0) is 19.4 Å². The summed E-state index contributed by atoms with van der Waals surface area (Å²) in [5.41, 5.74) is 7.26. The number of nitrogens with zero attached hydrogens (tertiary/aromatic N) is 2. The van der Waals surface area contributed by atoms with Crippen LogP contribution in [-0.4, -0.2) is 15.5 Å². The van der Waals surface area contributed by atoms with Crippen LogP contribution in [0.2, 0.25) is 0 Å². The Bertz CT molecular complexity index is 1120. The van der Waals surface area contributed by atoms with Gasteiger partial charge in [0.25, 0.3) is 0 Å². The van der Waals surface area contributed by atoms with Gasteiger partial charge in [0, 0.05) is 28.0 Å². The molecule has 1 atom stereocenters. The molecule has 2 aliphatic rings. The lowest BCUT2D eigenvalue weighted by molar-refractivity contribution is 0.161. The Morgan fingerprint density at radius 3 is 2.58 bits per heavy atom. The predicted octanol–water partition coefficient (Wildman–Crippen LogP) is 6.78. The lowest BCUT2D eigenvalue weighted by atomic mass is 9.94. The molecule has 3 heterocycles. The molecular formula is C26H31N3OS. The summed E-state index contributed by atoms with van der Waals surface area (Å²) in [5, 5.41) is 4.53. The van der Waals surface area contributed by atoms with E-state index in [2.05, 4.69) is 66.9 Å². The number of anilines is 1. The van der Waals surface area contributed by atoms with E-state index in [0.717, 1.165) is 23.2 Å². The number of fused-ring (bicyclic) bond motifs is 5.